The van der Waals surface area contributed by atoms with Crippen LogP contribution in [0.3, 0.4) is 0 Å². The first-order valence-electron chi connectivity index (χ1n) is 12.6. The molecule has 1 saturated carbocycles. The average Bonchev–Trinajstić information content (AvgIpc) is 2.81. The fourth-order valence-electron chi connectivity index (χ4n) is 5.86. The van der Waals surface area contributed by atoms with Gasteiger partial charge in [-0.15, -0.1) is 0 Å². The number of aliphatic hydroxyl groups excluding tert-OH is 2. The summed E-state index contributed by atoms with van der Waals surface area (Å²) < 4.78 is 5.09. The topological polar surface area (TPSA) is 200 Å². The van der Waals surface area contributed by atoms with Crippen LogP contribution in [0.5, 0.6) is 5.75 Å². The number of primary amides is 1. The average molecular weight is 544 g/mol. The zero-order valence-corrected chi connectivity index (χ0v) is 22.2. The van der Waals surface area contributed by atoms with E-state index in [0.717, 1.165) is 0 Å². The van der Waals surface area contributed by atoms with E-state index in [1.54, 1.807) is 38.9 Å². The maximum Gasteiger partial charge on any atom is 0.320 e. The zero-order chi connectivity index (χ0) is 29.0. The Bertz CT molecular complexity index is 1340. The van der Waals surface area contributed by atoms with Gasteiger partial charge in [0.2, 0.25) is 5.78 Å². The molecule has 0 heterocycles. The Morgan fingerprint density at radius 2 is 1.87 bits per heavy atom. The molecule has 0 saturated heterocycles. The Morgan fingerprint density at radius 3 is 2.46 bits per heavy atom. The summed E-state index contributed by atoms with van der Waals surface area (Å²) >= 11 is 0. The van der Waals surface area contributed by atoms with Crippen LogP contribution in [0.25, 0.3) is 5.76 Å². The van der Waals surface area contributed by atoms with Crippen molar-refractivity contribution in [2.24, 2.45) is 17.6 Å². The molecule has 0 spiro atoms. The van der Waals surface area contributed by atoms with Crippen molar-refractivity contribution >= 4 is 34.9 Å². The summed E-state index contributed by atoms with van der Waals surface area (Å²) in [5.74, 6) is -7.23. The molecule has 12 nitrogen and oxygen atoms in total. The number of hydrogen-bond donors (Lipinski definition) is 6. The number of Topliss-reactive ketones (excluding diaryl/α,β-unsaturated/α-hetero) is 2. The Labute approximate surface area is 224 Å². The summed E-state index contributed by atoms with van der Waals surface area (Å²) in [6, 6.07) is 1.71. The molecule has 0 aromatic heterocycles. The lowest BCUT2D eigenvalue weighted by Crippen LogP contribution is -2.58. The first-order valence-corrected chi connectivity index (χ1v) is 12.6. The van der Waals surface area contributed by atoms with Crippen molar-refractivity contribution < 1.29 is 44.3 Å². The number of fused-ring (bicyclic) bond motifs is 3. The molecule has 3 aliphatic carbocycles. The minimum absolute atomic E-state index is 0.00473. The third-order valence-electron chi connectivity index (χ3n) is 7.55. The molecule has 0 aliphatic heterocycles. The number of ketones is 2. The van der Waals surface area contributed by atoms with Crippen LogP contribution in [0, 0.1) is 11.8 Å². The number of benzene rings is 1. The summed E-state index contributed by atoms with van der Waals surface area (Å²) in [5.41, 5.74) is 3.11. The summed E-state index contributed by atoms with van der Waals surface area (Å²) in [7, 11) is 3.55. The number of nitrogens with two attached hydrogens (primary N) is 1. The van der Waals surface area contributed by atoms with E-state index < -0.39 is 58.0 Å². The molecule has 1 aromatic carbocycles. The molecule has 3 aliphatic rings. The highest BCUT2D eigenvalue weighted by molar-refractivity contribution is 6.22. The number of esters is 1. The first kappa shape index (κ1) is 28.1. The molecule has 0 bridgehead atoms. The van der Waals surface area contributed by atoms with Crippen LogP contribution in [0.4, 0.5) is 5.69 Å². The number of aromatic hydroxyl groups is 1. The highest BCUT2D eigenvalue weighted by Crippen LogP contribution is 2.53. The van der Waals surface area contributed by atoms with Gasteiger partial charge in [0, 0.05) is 49.8 Å². The summed E-state index contributed by atoms with van der Waals surface area (Å²) in [6.07, 6.45) is -0.411. The van der Waals surface area contributed by atoms with E-state index in [2.05, 4.69) is 5.32 Å². The number of amides is 1. The lowest BCUT2D eigenvalue weighted by Gasteiger charge is -2.46. The lowest BCUT2D eigenvalue weighted by molar-refractivity contribution is -0.148. The van der Waals surface area contributed by atoms with Crippen molar-refractivity contribution in [3.8, 4) is 5.75 Å². The van der Waals surface area contributed by atoms with Gasteiger partial charge in [0.05, 0.1) is 18.2 Å². The molecule has 7 N–H and O–H groups in total. The number of carbonyl (C=O) groups excluding carboxylic acids is 4. The van der Waals surface area contributed by atoms with Crippen molar-refractivity contribution in [3.05, 3.63) is 39.7 Å². The van der Waals surface area contributed by atoms with E-state index in [4.69, 9.17) is 10.5 Å². The van der Waals surface area contributed by atoms with Gasteiger partial charge in [-0.05, 0) is 44.2 Å². The van der Waals surface area contributed by atoms with Crippen LogP contribution in [0.2, 0.25) is 0 Å². The van der Waals surface area contributed by atoms with Gasteiger partial charge in [-0.3, -0.25) is 19.2 Å². The van der Waals surface area contributed by atoms with E-state index in [1.807, 2.05) is 0 Å². The minimum Gasteiger partial charge on any atom is -0.508 e. The third kappa shape index (κ3) is 4.53. The van der Waals surface area contributed by atoms with Crippen LogP contribution in [-0.2, 0) is 36.9 Å². The molecule has 12 heteroatoms. The quantitative estimate of drug-likeness (QED) is 0.207. The van der Waals surface area contributed by atoms with E-state index in [9.17, 15) is 39.6 Å². The van der Waals surface area contributed by atoms with Crippen LogP contribution in [-0.4, -0.2) is 76.2 Å². The largest absolute Gasteiger partial charge is 0.508 e. The summed E-state index contributed by atoms with van der Waals surface area (Å²) in [6.45, 7) is 3.36. The standard InChI is InChI=1S/C27H33N3O9/c1-11(2)39-18(32)10-29-9-13-7-16(30(3)4)15-6-12-5-14-8-17(31)21(26(28)37)25(36)27(14,38)24(35)19(12)23(34)20(15)22(13)33/h7,11-12,14,29,33-34,36,38H,5-6,8-10H2,1-4H3,(H2,28,37)/t12-,14+,27+/m1/s1. The molecular formula is C27H33N3O9. The van der Waals surface area contributed by atoms with Gasteiger partial charge >= 0.3 is 5.97 Å². The SMILES string of the molecule is CC(C)OC(=O)CNCc1cc(N(C)C)c2c(c1O)C(O)=C1C(=O)[C@]3(O)C(O)=C(C(N)=O)C(=O)C[C@@H]3C[C@@H]1C2. The molecule has 39 heavy (non-hydrogen) atoms. The van der Waals surface area contributed by atoms with E-state index in [0.29, 0.717) is 16.8 Å². The monoisotopic (exact) mass is 543 g/mol. The molecule has 0 radical (unpaired) electrons. The number of anilines is 1. The van der Waals surface area contributed by atoms with Crippen molar-refractivity contribution in [1.82, 2.24) is 5.32 Å². The Kier molecular flexibility index (Phi) is 7.21. The molecule has 210 valence electrons. The maximum absolute atomic E-state index is 13.7. The van der Waals surface area contributed by atoms with Gasteiger partial charge in [0.15, 0.2) is 11.4 Å². The van der Waals surface area contributed by atoms with Gasteiger partial charge in [-0.25, -0.2) is 0 Å². The molecule has 1 aromatic rings. The number of nitrogens with one attached hydrogen (secondary N) is 1. The van der Waals surface area contributed by atoms with Crippen molar-refractivity contribution in [2.45, 2.75) is 51.4 Å². The third-order valence-corrected chi connectivity index (χ3v) is 7.55. The zero-order valence-electron chi connectivity index (χ0n) is 22.2. The van der Waals surface area contributed by atoms with E-state index >= 15 is 0 Å². The molecule has 3 atom stereocenters. The van der Waals surface area contributed by atoms with Gasteiger partial charge in [-0.1, -0.05) is 0 Å². The van der Waals surface area contributed by atoms with Gasteiger partial charge in [0.1, 0.15) is 22.8 Å². The fraction of sp³-hybridized carbons (Fsp3) is 0.481. The maximum atomic E-state index is 13.7. The number of carbonyl (C=O) groups is 4. The minimum atomic E-state index is -2.62. The second kappa shape index (κ2) is 10.0. The van der Waals surface area contributed by atoms with Crippen molar-refractivity contribution in [2.75, 3.05) is 25.5 Å². The molecular weight excluding hydrogens is 510 g/mol. The van der Waals surface area contributed by atoms with Gasteiger partial charge < -0.3 is 41.1 Å². The summed E-state index contributed by atoms with van der Waals surface area (Å²) in [5, 5.41) is 47.6. The molecule has 0 unspecified atom stereocenters. The predicted molar refractivity (Wildman–Crippen MR) is 139 cm³/mol. The van der Waals surface area contributed by atoms with Crippen LogP contribution < -0.4 is 16.0 Å². The number of phenols is 1. The highest BCUT2D eigenvalue weighted by atomic mass is 16.5. The molecule has 1 fully saturated rings. The number of hydrogen-bond acceptors (Lipinski definition) is 11. The number of nitrogens with zero attached hydrogens (tertiary/aromatic N) is 1. The van der Waals surface area contributed by atoms with Crippen molar-refractivity contribution in [3.63, 3.8) is 0 Å². The number of ether oxygens (including phenoxy) is 1. The second-order valence-corrected chi connectivity index (χ2v) is 10.7. The van der Waals surface area contributed by atoms with Gasteiger partial charge in [0.25, 0.3) is 5.91 Å². The van der Waals surface area contributed by atoms with Crippen molar-refractivity contribution in [1.29, 1.82) is 0 Å². The van der Waals surface area contributed by atoms with Crippen LogP contribution in [0.1, 0.15) is 43.4 Å². The smallest absolute Gasteiger partial charge is 0.320 e. The Hall–Kier alpha value is -3.90. The number of phenolic OH excluding ortho intramolecular Hbond substituents is 1. The van der Waals surface area contributed by atoms with Crippen LogP contribution >= 0.6 is 0 Å². The predicted octanol–water partition coefficient (Wildman–Crippen LogP) is 0.531. The molecule has 1 amide bonds. The van der Waals surface area contributed by atoms with Crippen LogP contribution in [0.15, 0.2) is 23.0 Å². The second-order valence-electron chi connectivity index (χ2n) is 10.7. The Balaban J connectivity index is 1.79. The normalized spacial score (nSPS) is 24.4. The number of aliphatic hydroxyl groups is 3. The lowest BCUT2D eigenvalue weighted by atomic mass is 9.59. The van der Waals surface area contributed by atoms with Gasteiger partial charge in [-0.2, -0.15) is 0 Å². The van der Waals surface area contributed by atoms with E-state index in [1.165, 1.54) is 0 Å². The molecule has 4 rings (SSSR count). The fourth-order valence-corrected chi connectivity index (χ4v) is 5.86. The number of rotatable bonds is 7. The summed E-state index contributed by atoms with van der Waals surface area (Å²) in [4.78, 5) is 51.7. The highest BCUT2D eigenvalue weighted by Gasteiger charge is 2.60. The first-order chi connectivity index (χ1) is 18.2. The van der Waals surface area contributed by atoms with E-state index in [-0.39, 0.29) is 55.3 Å². The Morgan fingerprint density at radius 1 is 1.21 bits per heavy atom.